The summed E-state index contributed by atoms with van der Waals surface area (Å²) in [7, 11) is 0. The molecule has 7 nitrogen and oxygen atoms in total. The lowest BCUT2D eigenvalue weighted by Crippen LogP contribution is -2.30. The number of pyridine rings is 1. The molecule has 1 fully saturated rings. The van der Waals surface area contributed by atoms with Gasteiger partial charge in [0.2, 0.25) is 5.91 Å². The van der Waals surface area contributed by atoms with Crippen LogP contribution in [0.3, 0.4) is 0 Å². The van der Waals surface area contributed by atoms with Gasteiger partial charge in [0, 0.05) is 63.2 Å². The Morgan fingerprint density at radius 3 is 2.84 bits per heavy atom. The van der Waals surface area contributed by atoms with Gasteiger partial charge in [0.1, 0.15) is 5.82 Å². The maximum atomic E-state index is 12.6. The van der Waals surface area contributed by atoms with Gasteiger partial charge in [-0.2, -0.15) is 0 Å². The molecule has 7 heteroatoms. The minimum Gasteiger partial charge on any atom is -0.481 e. The minimum atomic E-state index is -0.868. The summed E-state index contributed by atoms with van der Waals surface area (Å²) in [6.45, 7) is 3.26. The highest BCUT2D eigenvalue weighted by Crippen LogP contribution is 2.32. The monoisotopic (exact) mass is 342 g/mol. The van der Waals surface area contributed by atoms with Crippen molar-refractivity contribution in [3.8, 4) is 0 Å². The topological polar surface area (TPSA) is 88.3 Å². The summed E-state index contributed by atoms with van der Waals surface area (Å²) in [5.41, 5.74) is 0.869. The Labute approximate surface area is 146 Å². The predicted molar refractivity (Wildman–Crippen MR) is 90.9 cm³/mol. The van der Waals surface area contributed by atoms with Gasteiger partial charge in [0.05, 0.1) is 5.92 Å². The normalized spacial score (nSPS) is 20.0. The zero-order valence-corrected chi connectivity index (χ0v) is 14.2. The Hall–Kier alpha value is -2.70. The first-order valence-corrected chi connectivity index (χ1v) is 8.50. The third-order valence-electron chi connectivity index (χ3n) is 4.79. The van der Waals surface area contributed by atoms with Gasteiger partial charge in [-0.05, 0) is 11.6 Å². The zero-order valence-electron chi connectivity index (χ0n) is 14.2. The van der Waals surface area contributed by atoms with Crippen molar-refractivity contribution in [1.29, 1.82) is 0 Å². The molecule has 0 radical (unpaired) electrons. The van der Waals surface area contributed by atoms with Crippen molar-refractivity contribution in [2.75, 3.05) is 13.1 Å². The summed E-state index contributed by atoms with van der Waals surface area (Å²) in [4.78, 5) is 34.2. The van der Waals surface area contributed by atoms with Crippen LogP contribution in [0.1, 0.15) is 30.7 Å². The van der Waals surface area contributed by atoms with Crippen LogP contribution in [-0.2, 0) is 22.6 Å². The summed E-state index contributed by atoms with van der Waals surface area (Å²) in [6.07, 6.45) is 8.11. The summed E-state index contributed by atoms with van der Waals surface area (Å²) >= 11 is 0. The van der Waals surface area contributed by atoms with E-state index in [1.807, 2.05) is 23.8 Å². The molecular weight excluding hydrogens is 320 g/mol. The summed E-state index contributed by atoms with van der Waals surface area (Å²) in [5, 5.41) is 9.52. The zero-order chi connectivity index (χ0) is 17.8. The Bertz CT molecular complexity index is 744. The van der Waals surface area contributed by atoms with Crippen LogP contribution in [0, 0.1) is 5.92 Å². The molecule has 1 N–H and O–H groups in total. The lowest BCUT2D eigenvalue weighted by Gasteiger charge is -2.17. The molecule has 0 bridgehead atoms. The number of aryl methyl sites for hydroxylation is 2. The molecule has 0 aliphatic carbocycles. The highest BCUT2D eigenvalue weighted by atomic mass is 16.4. The van der Waals surface area contributed by atoms with E-state index in [4.69, 9.17) is 0 Å². The molecule has 0 unspecified atom stereocenters. The number of imidazole rings is 1. The number of carbonyl (C=O) groups is 2. The van der Waals surface area contributed by atoms with Crippen LogP contribution in [0.15, 0.2) is 36.9 Å². The van der Waals surface area contributed by atoms with Crippen LogP contribution in [0.5, 0.6) is 0 Å². The molecule has 1 aliphatic rings. The van der Waals surface area contributed by atoms with Crippen LogP contribution >= 0.6 is 0 Å². The maximum Gasteiger partial charge on any atom is 0.308 e. The number of nitrogens with zero attached hydrogens (tertiary/aromatic N) is 4. The van der Waals surface area contributed by atoms with E-state index in [1.54, 1.807) is 29.6 Å². The first-order valence-electron chi connectivity index (χ1n) is 8.50. The first-order chi connectivity index (χ1) is 12.1. The van der Waals surface area contributed by atoms with Crippen LogP contribution in [-0.4, -0.2) is 49.5 Å². The number of aliphatic carboxylic acids is 1. The van der Waals surface area contributed by atoms with Crippen molar-refractivity contribution in [2.45, 2.75) is 32.2 Å². The van der Waals surface area contributed by atoms with E-state index in [1.165, 1.54) is 0 Å². The van der Waals surface area contributed by atoms with E-state index in [0.29, 0.717) is 19.5 Å². The number of carboxylic acid groups (broad SMARTS) is 1. The van der Waals surface area contributed by atoms with Crippen molar-refractivity contribution in [3.63, 3.8) is 0 Å². The van der Waals surface area contributed by atoms with Crippen molar-refractivity contribution in [2.24, 2.45) is 5.92 Å². The van der Waals surface area contributed by atoms with Crippen molar-refractivity contribution >= 4 is 11.9 Å². The second-order valence-corrected chi connectivity index (χ2v) is 6.28. The largest absolute Gasteiger partial charge is 0.481 e. The van der Waals surface area contributed by atoms with Gasteiger partial charge in [-0.1, -0.05) is 13.0 Å². The van der Waals surface area contributed by atoms with Gasteiger partial charge in [-0.3, -0.25) is 14.6 Å². The Morgan fingerprint density at radius 2 is 2.16 bits per heavy atom. The van der Waals surface area contributed by atoms with E-state index in [9.17, 15) is 14.7 Å². The number of rotatable bonds is 6. The molecule has 0 spiro atoms. The number of carboxylic acids is 1. The summed E-state index contributed by atoms with van der Waals surface area (Å²) in [6, 6.07) is 3.67. The first kappa shape index (κ1) is 17.1. The maximum absolute atomic E-state index is 12.6. The van der Waals surface area contributed by atoms with Gasteiger partial charge >= 0.3 is 5.97 Å². The molecule has 0 saturated carbocycles. The van der Waals surface area contributed by atoms with E-state index in [-0.39, 0.29) is 18.4 Å². The van der Waals surface area contributed by atoms with E-state index in [2.05, 4.69) is 9.97 Å². The molecule has 3 rings (SSSR count). The lowest BCUT2D eigenvalue weighted by molar-refractivity contribution is -0.141. The SMILES string of the molecule is CCc1nccn1CCC(=O)N1C[C@H](C(=O)O)[C@@H](c2cccnc2)C1. The van der Waals surface area contributed by atoms with Crippen LogP contribution in [0.4, 0.5) is 0 Å². The molecule has 25 heavy (non-hydrogen) atoms. The second-order valence-electron chi connectivity index (χ2n) is 6.28. The summed E-state index contributed by atoms with van der Waals surface area (Å²) < 4.78 is 1.97. The van der Waals surface area contributed by atoms with Gasteiger partial charge in [-0.25, -0.2) is 4.98 Å². The van der Waals surface area contributed by atoms with E-state index < -0.39 is 11.9 Å². The van der Waals surface area contributed by atoms with Gasteiger partial charge in [0.25, 0.3) is 0 Å². The van der Waals surface area contributed by atoms with Gasteiger partial charge < -0.3 is 14.6 Å². The molecule has 1 saturated heterocycles. The smallest absolute Gasteiger partial charge is 0.308 e. The second kappa shape index (κ2) is 7.46. The average Bonchev–Trinajstić information content (AvgIpc) is 3.27. The van der Waals surface area contributed by atoms with Crippen molar-refractivity contribution in [3.05, 3.63) is 48.3 Å². The number of carbonyl (C=O) groups excluding carboxylic acids is 1. The molecule has 3 heterocycles. The van der Waals surface area contributed by atoms with Crippen molar-refractivity contribution < 1.29 is 14.7 Å². The number of likely N-dealkylation sites (tertiary alicyclic amines) is 1. The highest BCUT2D eigenvalue weighted by molar-refractivity contribution is 5.79. The number of amides is 1. The standard InChI is InChI=1S/C18H22N4O3/c1-2-16-20-7-9-21(16)8-5-17(23)22-11-14(15(12-22)18(24)25)13-4-3-6-19-10-13/h3-4,6-7,9-10,14-15H,2,5,8,11-12H2,1H3,(H,24,25)/t14-,15+/m1/s1. The lowest BCUT2D eigenvalue weighted by atomic mass is 9.90. The fraction of sp³-hybridized carbons (Fsp3) is 0.444. The molecule has 2 atom stereocenters. The Kier molecular flexibility index (Phi) is 5.11. The summed E-state index contributed by atoms with van der Waals surface area (Å²) in [5.74, 6) is -0.742. The number of hydrogen-bond acceptors (Lipinski definition) is 4. The van der Waals surface area contributed by atoms with Gasteiger partial charge in [0.15, 0.2) is 0 Å². The molecular formula is C18H22N4O3. The highest BCUT2D eigenvalue weighted by Gasteiger charge is 2.40. The van der Waals surface area contributed by atoms with Gasteiger partial charge in [-0.15, -0.1) is 0 Å². The Morgan fingerprint density at radius 1 is 1.32 bits per heavy atom. The molecule has 0 aromatic carbocycles. The van der Waals surface area contributed by atoms with Crippen LogP contribution in [0.25, 0.3) is 0 Å². The number of hydrogen-bond donors (Lipinski definition) is 1. The van der Waals surface area contributed by atoms with E-state index in [0.717, 1.165) is 17.8 Å². The minimum absolute atomic E-state index is 0.0200. The predicted octanol–water partition coefficient (Wildman–Crippen LogP) is 1.56. The molecule has 132 valence electrons. The third kappa shape index (κ3) is 3.70. The molecule has 2 aromatic heterocycles. The fourth-order valence-electron chi connectivity index (χ4n) is 3.42. The Balaban J connectivity index is 1.66. The molecule has 1 amide bonds. The van der Waals surface area contributed by atoms with Crippen LogP contribution in [0.2, 0.25) is 0 Å². The van der Waals surface area contributed by atoms with Crippen molar-refractivity contribution in [1.82, 2.24) is 19.4 Å². The van der Waals surface area contributed by atoms with E-state index >= 15 is 0 Å². The quantitative estimate of drug-likeness (QED) is 0.860. The molecule has 2 aromatic rings. The third-order valence-corrected chi connectivity index (χ3v) is 4.79. The fourth-order valence-corrected chi connectivity index (χ4v) is 3.42. The molecule has 1 aliphatic heterocycles. The van der Waals surface area contributed by atoms with Crippen LogP contribution < -0.4 is 0 Å². The number of aromatic nitrogens is 3. The average molecular weight is 342 g/mol.